The second-order valence-corrected chi connectivity index (χ2v) is 9.12. The smallest absolute Gasteiger partial charge is 0.0534 e. The first-order valence-electron chi connectivity index (χ1n) is 11.6. The largest absolute Gasteiger partial charge is 0.313 e. The van der Waals surface area contributed by atoms with Crippen molar-refractivity contribution < 1.29 is 0 Å². The molecule has 2 nitrogen and oxygen atoms in total. The van der Waals surface area contributed by atoms with Crippen LogP contribution in [0, 0.1) is 0 Å². The Morgan fingerprint density at radius 3 is 2.45 bits per heavy atom. The first-order chi connectivity index (χ1) is 15.2. The van der Waals surface area contributed by atoms with Gasteiger partial charge >= 0.3 is 0 Å². The lowest BCUT2D eigenvalue weighted by Crippen LogP contribution is -2.33. The molecule has 1 aromatic heterocycles. The molecule has 1 aliphatic carbocycles. The summed E-state index contributed by atoms with van der Waals surface area (Å²) in [6, 6.07) is 27.5. The van der Waals surface area contributed by atoms with Gasteiger partial charge in [0.25, 0.3) is 0 Å². The lowest BCUT2D eigenvalue weighted by atomic mass is 9.90. The molecule has 1 unspecified atom stereocenters. The van der Waals surface area contributed by atoms with E-state index < -0.39 is 0 Å². The zero-order valence-corrected chi connectivity index (χ0v) is 18.9. The van der Waals surface area contributed by atoms with Gasteiger partial charge in [0.15, 0.2) is 0 Å². The van der Waals surface area contributed by atoms with Gasteiger partial charge in [0.1, 0.15) is 0 Å². The van der Waals surface area contributed by atoms with E-state index in [1.54, 1.807) is 5.56 Å². The van der Waals surface area contributed by atoms with Gasteiger partial charge in [-0.25, -0.2) is 0 Å². The van der Waals surface area contributed by atoms with Crippen molar-refractivity contribution in [1.29, 1.82) is 0 Å². The molecule has 158 valence electrons. The summed E-state index contributed by atoms with van der Waals surface area (Å²) in [5.74, 6) is 0. The van der Waals surface area contributed by atoms with Crippen molar-refractivity contribution in [3.63, 3.8) is 0 Å². The summed E-state index contributed by atoms with van der Waals surface area (Å²) in [6.45, 7) is 2.26. The Balaban J connectivity index is 1.69. The fourth-order valence-corrected chi connectivity index (χ4v) is 5.27. The SMILES string of the molecule is CCc1ccccc1-n1c2c(c3cc(Cc4ccccc4)ccc31)CC(N(C)C)CC2. The number of para-hydroxylation sites is 1. The number of nitrogens with zero attached hydrogens (tertiary/aromatic N) is 2. The maximum absolute atomic E-state index is 2.57. The van der Waals surface area contributed by atoms with E-state index in [0.717, 1.165) is 25.7 Å². The Hall–Kier alpha value is -2.84. The van der Waals surface area contributed by atoms with Crippen LogP contribution in [0.4, 0.5) is 0 Å². The highest BCUT2D eigenvalue weighted by atomic mass is 15.1. The topological polar surface area (TPSA) is 8.17 Å². The van der Waals surface area contributed by atoms with Gasteiger partial charge in [0.05, 0.1) is 5.52 Å². The summed E-state index contributed by atoms with van der Waals surface area (Å²) < 4.78 is 2.57. The summed E-state index contributed by atoms with van der Waals surface area (Å²) in [4.78, 5) is 2.40. The molecule has 0 bridgehead atoms. The molecule has 0 N–H and O–H groups in total. The van der Waals surface area contributed by atoms with Gasteiger partial charge < -0.3 is 9.47 Å². The fourth-order valence-electron chi connectivity index (χ4n) is 5.27. The number of aryl methyl sites for hydroxylation is 1. The van der Waals surface area contributed by atoms with Crippen LogP contribution in [0.3, 0.4) is 0 Å². The zero-order chi connectivity index (χ0) is 21.4. The van der Waals surface area contributed by atoms with Crippen molar-refractivity contribution in [2.75, 3.05) is 14.1 Å². The van der Waals surface area contributed by atoms with Crippen LogP contribution in [-0.2, 0) is 25.7 Å². The van der Waals surface area contributed by atoms with Crippen molar-refractivity contribution in [3.8, 4) is 5.69 Å². The highest BCUT2D eigenvalue weighted by Gasteiger charge is 2.27. The molecule has 1 heterocycles. The Labute approximate surface area is 186 Å². The number of hydrogen-bond acceptors (Lipinski definition) is 1. The second-order valence-electron chi connectivity index (χ2n) is 9.12. The molecule has 3 aromatic carbocycles. The molecule has 31 heavy (non-hydrogen) atoms. The van der Waals surface area contributed by atoms with Gasteiger partial charge in [-0.1, -0.05) is 61.5 Å². The second kappa shape index (κ2) is 8.36. The summed E-state index contributed by atoms with van der Waals surface area (Å²) in [5, 5.41) is 1.45. The van der Waals surface area contributed by atoms with Gasteiger partial charge in [0, 0.05) is 22.8 Å². The number of benzene rings is 3. The van der Waals surface area contributed by atoms with E-state index >= 15 is 0 Å². The minimum Gasteiger partial charge on any atom is -0.313 e. The van der Waals surface area contributed by atoms with Crippen LogP contribution in [0.25, 0.3) is 16.6 Å². The average molecular weight is 409 g/mol. The number of fused-ring (bicyclic) bond motifs is 3. The van der Waals surface area contributed by atoms with E-state index in [2.05, 4.69) is 103 Å². The van der Waals surface area contributed by atoms with E-state index in [1.165, 1.54) is 45.4 Å². The summed E-state index contributed by atoms with van der Waals surface area (Å²) in [7, 11) is 4.45. The van der Waals surface area contributed by atoms with Gasteiger partial charge in [-0.15, -0.1) is 0 Å². The molecule has 0 aliphatic heterocycles. The lowest BCUT2D eigenvalue weighted by molar-refractivity contribution is 0.267. The molecule has 0 radical (unpaired) electrons. The Morgan fingerprint density at radius 2 is 1.68 bits per heavy atom. The molecular formula is C29H32N2. The van der Waals surface area contributed by atoms with E-state index in [-0.39, 0.29) is 0 Å². The van der Waals surface area contributed by atoms with Gasteiger partial charge in [0.2, 0.25) is 0 Å². The number of likely N-dealkylation sites (N-methyl/N-ethyl adjacent to an activating group) is 1. The third-order valence-electron chi connectivity index (χ3n) is 6.99. The normalized spacial score (nSPS) is 16.1. The summed E-state index contributed by atoms with van der Waals surface area (Å²) in [5.41, 5.74) is 9.99. The maximum atomic E-state index is 2.57. The van der Waals surface area contributed by atoms with Crippen molar-refractivity contribution in [3.05, 3.63) is 101 Å². The quantitative estimate of drug-likeness (QED) is 0.381. The molecular weight excluding hydrogens is 376 g/mol. The van der Waals surface area contributed by atoms with E-state index in [9.17, 15) is 0 Å². The Kier molecular flexibility index (Phi) is 5.41. The molecule has 2 heteroatoms. The van der Waals surface area contributed by atoms with Crippen LogP contribution in [0.1, 0.15) is 41.3 Å². The van der Waals surface area contributed by atoms with Crippen LogP contribution >= 0.6 is 0 Å². The maximum Gasteiger partial charge on any atom is 0.0534 e. The van der Waals surface area contributed by atoms with Crippen LogP contribution in [0.5, 0.6) is 0 Å². The predicted octanol–water partition coefficient (Wildman–Crippen LogP) is 6.20. The highest BCUT2D eigenvalue weighted by molar-refractivity contribution is 5.88. The Bertz CT molecular complexity index is 1200. The fraction of sp³-hybridized carbons (Fsp3) is 0.310. The summed E-state index contributed by atoms with van der Waals surface area (Å²) in [6.07, 6.45) is 5.53. The van der Waals surface area contributed by atoms with Crippen molar-refractivity contribution >= 4 is 10.9 Å². The molecule has 1 atom stereocenters. The Morgan fingerprint density at radius 1 is 0.903 bits per heavy atom. The van der Waals surface area contributed by atoms with E-state index in [4.69, 9.17) is 0 Å². The molecule has 1 aliphatic rings. The van der Waals surface area contributed by atoms with Crippen molar-refractivity contribution in [2.45, 2.75) is 45.1 Å². The molecule has 0 spiro atoms. The third kappa shape index (κ3) is 3.70. The van der Waals surface area contributed by atoms with E-state index in [0.29, 0.717) is 6.04 Å². The minimum atomic E-state index is 0.616. The minimum absolute atomic E-state index is 0.616. The van der Waals surface area contributed by atoms with Gasteiger partial charge in [-0.3, -0.25) is 0 Å². The highest BCUT2D eigenvalue weighted by Crippen LogP contribution is 2.37. The molecule has 5 rings (SSSR count). The third-order valence-corrected chi connectivity index (χ3v) is 6.99. The lowest BCUT2D eigenvalue weighted by Gasteiger charge is -2.29. The first kappa shape index (κ1) is 20.1. The molecule has 0 saturated heterocycles. The van der Waals surface area contributed by atoms with Gasteiger partial charge in [-0.05, 0) is 86.7 Å². The zero-order valence-electron chi connectivity index (χ0n) is 18.9. The van der Waals surface area contributed by atoms with Gasteiger partial charge in [-0.2, -0.15) is 0 Å². The standard InChI is InChI=1S/C29H32N2/c1-4-23-12-8-9-13-27(23)31-28-16-14-22(18-21-10-6-5-7-11-21)19-25(28)26-20-24(30(2)3)15-17-29(26)31/h5-14,16,19,24H,4,15,17-18,20H2,1-3H3. The van der Waals surface area contributed by atoms with Crippen LogP contribution < -0.4 is 0 Å². The predicted molar refractivity (Wildman–Crippen MR) is 131 cm³/mol. The number of hydrogen-bond donors (Lipinski definition) is 0. The van der Waals surface area contributed by atoms with Crippen molar-refractivity contribution in [1.82, 2.24) is 9.47 Å². The molecule has 4 aromatic rings. The first-order valence-corrected chi connectivity index (χ1v) is 11.6. The molecule has 0 amide bonds. The average Bonchev–Trinajstić information content (AvgIpc) is 3.12. The monoisotopic (exact) mass is 408 g/mol. The number of aromatic nitrogens is 1. The van der Waals surface area contributed by atoms with Crippen molar-refractivity contribution in [2.24, 2.45) is 0 Å². The van der Waals surface area contributed by atoms with Crippen LogP contribution in [-0.4, -0.2) is 29.6 Å². The number of rotatable bonds is 5. The van der Waals surface area contributed by atoms with Crippen LogP contribution in [0.2, 0.25) is 0 Å². The van der Waals surface area contributed by atoms with Crippen LogP contribution in [0.15, 0.2) is 72.8 Å². The summed E-state index contributed by atoms with van der Waals surface area (Å²) >= 11 is 0. The molecule has 0 saturated carbocycles. The van der Waals surface area contributed by atoms with E-state index in [1.807, 2.05) is 0 Å². The molecule has 0 fully saturated rings.